The molecule has 1 aromatic carbocycles. The molecule has 0 amide bonds. The summed E-state index contributed by atoms with van der Waals surface area (Å²) in [6.07, 6.45) is 1.48. The fraction of sp³-hybridized carbons (Fsp3) is 0.231. The van der Waals surface area contributed by atoms with E-state index in [9.17, 15) is 9.18 Å². The SMILES string of the molecule is COC(=O)c1cnc(C)n1Cc1ccc(F)cc1. The highest BCUT2D eigenvalue weighted by Gasteiger charge is 2.14. The molecule has 0 saturated heterocycles. The molecule has 0 bridgehead atoms. The van der Waals surface area contributed by atoms with Gasteiger partial charge in [-0.1, -0.05) is 12.1 Å². The Hall–Kier alpha value is -2.17. The van der Waals surface area contributed by atoms with Crippen molar-refractivity contribution in [3.05, 3.63) is 53.4 Å². The van der Waals surface area contributed by atoms with Crippen molar-refractivity contribution in [1.82, 2.24) is 9.55 Å². The number of rotatable bonds is 3. The summed E-state index contributed by atoms with van der Waals surface area (Å²) >= 11 is 0. The Kier molecular flexibility index (Phi) is 3.41. The monoisotopic (exact) mass is 248 g/mol. The van der Waals surface area contributed by atoms with Crippen LogP contribution in [0.5, 0.6) is 0 Å². The number of ether oxygens (including phenoxy) is 1. The van der Waals surface area contributed by atoms with Crippen molar-refractivity contribution in [3.8, 4) is 0 Å². The number of benzene rings is 1. The first kappa shape index (κ1) is 12.3. The van der Waals surface area contributed by atoms with Crippen molar-refractivity contribution in [3.63, 3.8) is 0 Å². The molecule has 2 aromatic rings. The lowest BCUT2D eigenvalue weighted by Gasteiger charge is -2.09. The molecule has 0 atom stereocenters. The molecule has 0 fully saturated rings. The van der Waals surface area contributed by atoms with Crippen LogP contribution in [0.1, 0.15) is 21.9 Å². The first-order chi connectivity index (χ1) is 8.61. The van der Waals surface area contributed by atoms with E-state index < -0.39 is 5.97 Å². The Balaban J connectivity index is 2.31. The van der Waals surface area contributed by atoms with E-state index in [1.165, 1.54) is 25.4 Å². The number of methoxy groups -OCH3 is 1. The molecule has 2 rings (SSSR count). The van der Waals surface area contributed by atoms with Gasteiger partial charge in [0.15, 0.2) is 0 Å². The Morgan fingerprint density at radius 3 is 2.67 bits per heavy atom. The summed E-state index contributed by atoms with van der Waals surface area (Å²) < 4.78 is 19.2. The summed E-state index contributed by atoms with van der Waals surface area (Å²) in [6.45, 7) is 2.26. The van der Waals surface area contributed by atoms with E-state index in [4.69, 9.17) is 0 Å². The van der Waals surface area contributed by atoms with Crippen LogP contribution in [0.25, 0.3) is 0 Å². The van der Waals surface area contributed by atoms with Gasteiger partial charge in [-0.15, -0.1) is 0 Å². The van der Waals surface area contributed by atoms with E-state index in [0.29, 0.717) is 18.1 Å². The molecule has 1 aromatic heterocycles. The third kappa shape index (κ3) is 2.40. The van der Waals surface area contributed by atoms with Gasteiger partial charge in [-0.2, -0.15) is 0 Å². The number of carbonyl (C=O) groups excluding carboxylic acids is 1. The number of hydrogen-bond acceptors (Lipinski definition) is 3. The van der Waals surface area contributed by atoms with Crippen LogP contribution in [0, 0.1) is 12.7 Å². The molecular formula is C13H13FN2O2. The number of aryl methyl sites for hydroxylation is 1. The molecule has 5 heteroatoms. The van der Waals surface area contributed by atoms with Gasteiger partial charge in [-0.3, -0.25) is 0 Å². The van der Waals surface area contributed by atoms with Crippen LogP contribution in [0.4, 0.5) is 4.39 Å². The molecule has 4 nitrogen and oxygen atoms in total. The molecule has 18 heavy (non-hydrogen) atoms. The average Bonchev–Trinajstić information content (AvgIpc) is 2.73. The zero-order valence-corrected chi connectivity index (χ0v) is 10.2. The Morgan fingerprint density at radius 2 is 2.06 bits per heavy atom. The lowest BCUT2D eigenvalue weighted by Crippen LogP contribution is -2.12. The number of esters is 1. The molecule has 0 spiro atoms. The van der Waals surface area contributed by atoms with Crippen LogP contribution in [0.2, 0.25) is 0 Å². The van der Waals surface area contributed by atoms with Crippen molar-refractivity contribution in [2.24, 2.45) is 0 Å². The van der Waals surface area contributed by atoms with E-state index in [1.807, 2.05) is 0 Å². The highest BCUT2D eigenvalue weighted by atomic mass is 19.1. The molecule has 0 N–H and O–H groups in total. The second-order valence-electron chi connectivity index (χ2n) is 3.89. The van der Waals surface area contributed by atoms with Gasteiger partial charge >= 0.3 is 5.97 Å². The van der Waals surface area contributed by atoms with E-state index in [-0.39, 0.29) is 5.82 Å². The van der Waals surface area contributed by atoms with Gasteiger partial charge in [0.2, 0.25) is 0 Å². The van der Waals surface area contributed by atoms with Gasteiger partial charge in [0, 0.05) is 6.54 Å². The summed E-state index contributed by atoms with van der Waals surface area (Å²) in [4.78, 5) is 15.6. The summed E-state index contributed by atoms with van der Waals surface area (Å²) in [5.41, 5.74) is 1.28. The van der Waals surface area contributed by atoms with Crippen molar-refractivity contribution in [1.29, 1.82) is 0 Å². The van der Waals surface area contributed by atoms with E-state index in [0.717, 1.165) is 5.56 Å². The largest absolute Gasteiger partial charge is 0.464 e. The van der Waals surface area contributed by atoms with Gasteiger partial charge < -0.3 is 9.30 Å². The van der Waals surface area contributed by atoms with Crippen LogP contribution in [0.3, 0.4) is 0 Å². The smallest absolute Gasteiger partial charge is 0.356 e. The fourth-order valence-electron chi connectivity index (χ4n) is 1.71. The van der Waals surface area contributed by atoms with Crippen molar-refractivity contribution >= 4 is 5.97 Å². The Bertz CT molecular complexity index is 561. The number of carbonyl (C=O) groups is 1. The topological polar surface area (TPSA) is 44.1 Å². The molecule has 94 valence electrons. The van der Waals surface area contributed by atoms with Gasteiger partial charge in [0.1, 0.15) is 17.3 Å². The quantitative estimate of drug-likeness (QED) is 0.782. The molecule has 0 unspecified atom stereocenters. The van der Waals surface area contributed by atoms with Crippen LogP contribution < -0.4 is 0 Å². The third-order valence-corrected chi connectivity index (χ3v) is 2.70. The lowest BCUT2D eigenvalue weighted by molar-refractivity contribution is 0.0588. The number of nitrogens with zero attached hydrogens (tertiary/aromatic N) is 2. The number of halogens is 1. The molecule has 0 aliphatic carbocycles. The first-order valence-electron chi connectivity index (χ1n) is 5.46. The highest BCUT2D eigenvalue weighted by Crippen LogP contribution is 2.11. The third-order valence-electron chi connectivity index (χ3n) is 2.70. The number of aromatic nitrogens is 2. The summed E-state index contributed by atoms with van der Waals surface area (Å²) in [7, 11) is 1.33. The lowest BCUT2D eigenvalue weighted by atomic mass is 10.2. The predicted octanol–water partition coefficient (Wildman–Crippen LogP) is 2.17. The molecule has 1 heterocycles. The summed E-state index contributed by atoms with van der Waals surface area (Å²) in [5, 5.41) is 0. The second kappa shape index (κ2) is 5.00. The van der Waals surface area contributed by atoms with Crippen molar-refractivity contribution in [2.45, 2.75) is 13.5 Å². The standard InChI is InChI=1S/C13H13FN2O2/c1-9-15-7-12(13(17)18-2)16(9)8-10-3-5-11(14)6-4-10/h3-7H,8H2,1-2H3. The molecule has 0 aliphatic rings. The van der Waals surface area contributed by atoms with Gasteiger partial charge in [0.25, 0.3) is 0 Å². The highest BCUT2D eigenvalue weighted by molar-refractivity contribution is 5.87. The number of hydrogen-bond donors (Lipinski definition) is 0. The summed E-state index contributed by atoms with van der Waals surface area (Å²) in [6, 6.07) is 6.13. The minimum atomic E-state index is -0.433. The van der Waals surface area contributed by atoms with Gasteiger partial charge in [-0.25, -0.2) is 14.2 Å². The van der Waals surface area contributed by atoms with Crippen LogP contribution in [-0.2, 0) is 11.3 Å². The first-order valence-corrected chi connectivity index (χ1v) is 5.46. The zero-order chi connectivity index (χ0) is 13.1. The molecular weight excluding hydrogens is 235 g/mol. The van der Waals surface area contributed by atoms with Crippen molar-refractivity contribution < 1.29 is 13.9 Å². The maximum Gasteiger partial charge on any atom is 0.356 e. The maximum atomic E-state index is 12.8. The minimum absolute atomic E-state index is 0.283. The van der Waals surface area contributed by atoms with Crippen LogP contribution in [0.15, 0.2) is 30.5 Å². The van der Waals surface area contributed by atoms with E-state index in [2.05, 4.69) is 9.72 Å². The fourth-order valence-corrected chi connectivity index (χ4v) is 1.71. The van der Waals surface area contributed by atoms with E-state index >= 15 is 0 Å². The van der Waals surface area contributed by atoms with Gasteiger partial charge in [0.05, 0.1) is 13.3 Å². The normalized spacial score (nSPS) is 10.4. The summed E-state index contributed by atoms with van der Waals surface area (Å²) in [5.74, 6) is -0.00766. The van der Waals surface area contributed by atoms with E-state index in [1.54, 1.807) is 23.6 Å². The van der Waals surface area contributed by atoms with Gasteiger partial charge in [-0.05, 0) is 24.6 Å². The van der Waals surface area contributed by atoms with Crippen LogP contribution in [-0.4, -0.2) is 22.6 Å². The molecule has 0 radical (unpaired) electrons. The number of imidazole rings is 1. The Morgan fingerprint density at radius 1 is 1.39 bits per heavy atom. The minimum Gasteiger partial charge on any atom is -0.464 e. The second-order valence-corrected chi connectivity index (χ2v) is 3.89. The average molecular weight is 248 g/mol. The van der Waals surface area contributed by atoms with Crippen LogP contribution >= 0.6 is 0 Å². The van der Waals surface area contributed by atoms with Crippen molar-refractivity contribution in [2.75, 3.05) is 7.11 Å². The maximum absolute atomic E-state index is 12.8. The molecule has 0 aliphatic heterocycles. The Labute approximate surface area is 104 Å². The zero-order valence-electron chi connectivity index (χ0n) is 10.2. The predicted molar refractivity (Wildman–Crippen MR) is 63.8 cm³/mol. The molecule has 0 saturated carbocycles.